The van der Waals surface area contributed by atoms with E-state index in [0.29, 0.717) is 6.54 Å². The van der Waals surface area contributed by atoms with Gasteiger partial charge in [-0.3, -0.25) is 4.79 Å². The summed E-state index contributed by atoms with van der Waals surface area (Å²) in [4.78, 5) is 12.5. The molecule has 0 saturated heterocycles. The summed E-state index contributed by atoms with van der Waals surface area (Å²) in [7, 11) is 1.74. The van der Waals surface area contributed by atoms with Crippen LogP contribution in [0.2, 0.25) is 0 Å². The summed E-state index contributed by atoms with van der Waals surface area (Å²) in [6, 6.07) is 0.148. The number of carbonyl (C=O) groups excluding carboxylic acids is 1. The number of hydrogen-bond donors (Lipinski definition) is 1. The minimum absolute atomic E-state index is 0.0503. The maximum Gasteiger partial charge on any atom is 0.245 e. The van der Waals surface area contributed by atoms with Gasteiger partial charge in [0.25, 0.3) is 0 Å². The number of amides is 1. The highest BCUT2D eigenvalue weighted by Crippen LogP contribution is 1.91. The largest absolute Gasteiger partial charge is 0.342 e. The quantitative estimate of drug-likeness (QED) is 0.598. The Kier molecular flexibility index (Phi) is 4.54. The zero-order chi connectivity index (χ0) is 8.85. The zero-order valence-electron chi connectivity index (χ0n) is 7.21. The first-order chi connectivity index (χ1) is 5.07. The SMILES string of the molecule is C=CC(=O)N(C)CCC(C)N. The molecule has 3 nitrogen and oxygen atoms in total. The lowest BCUT2D eigenvalue weighted by atomic mass is 10.2. The van der Waals surface area contributed by atoms with Crippen LogP contribution < -0.4 is 5.73 Å². The van der Waals surface area contributed by atoms with E-state index in [4.69, 9.17) is 5.73 Å². The highest BCUT2D eigenvalue weighted by molar-refractivity contribution is 5.86. The monoisotopic (exact) mass is 156 g/mol. The number of likely N-dealkylation sites (N-methyl/N-ethyl adjacent to an activating group) is 1. The number of hydrogen-bond acceptors (Lipinski definition) is 2. The molecule has 3 heteroatoms. The van der Waals surface area contributed by atoms with E-state index < -0.39 is 0 Å². The van der Waals surface area contributed by atoms with E-state index in [0.717, 1.165) is 6.42 Å². The second-order valence-corrected chi connectivity index (χ2v) is 2.73. The van der Waals surface area contributed by atoms with Crippen LogP contribution in [0.25, 0.3) is 0 Å². The van der Waals surface area contributed by atoms with E-state index in [9.17, 15) is 4.79 Å². The van der Waals surface area contributed by atoms with Gasteiger partial charge in [-0.25, -0.2) is 0 Å². The minimum Gasteiger partial charge on any atom is -0.342 e. The molecule has 0 aliphatic rings. The molecule has 11 heavy (non-hydrogen) atoms. The third-order valence-corrected chi connectivity index (χ3v) is 1.47. The molecule has 0 aromatic heterocycles. The van der Waals surface area contributed by atoms with Crippen molar-refractivity contribution in [2.45, 2.75) is 19.4 Å². The van der Waals surface area contributed by atoms with Gasteiger partial charge in [0.1, 0.15) is 0 Å². The molecule has 0 aliphatic heterocycles. The summed E-state index contributed by atoms with van der Waals surface area (Å²) in [5, 5.41) is 0. The van der Waals surface area contributed by atoms with Gasteiger partial charge in [0.05, 0.1) is 0 Å². The molecule has 0 bridgehead atoms. The first-order valence-electron chi connectivity index (χ1n) is 3.71. The number of carbonyl (C=O) groups is 1. The minimum atomic E-state index is -0.0503. The normalized spacial score (nSPS) is 12.3. The molecule has 1 unspecified atom stereocenters. The van der Waals surface area contributed by atoms with Crippen molar-refractivity contribution in [2.24, 2.45) is 5.73 Å². The average Bonchev–Trinajstić information content (AvgIpc) is 1.98. The molecule has 64 valence electrons. The van der Waals surface area contributed by atoms with E-state index in [1.807, 2.05) is 6.92 Å². The van der Waals surface area contributed by atoms with Gasteiger partial charge in [-0.2, -0.15) is 0 Å². The summed E-state index contributed by atoms with van der Waals surface area (Å²) in [6.07, 6.45) is 2.14. The van der Waals surface area contributed by atoms with Crippen molar-refractivity contribution in [3.8, 4) is 0 Å². The summed E-state index contributed by atoms with van der Waals surface area (Å²) >= 11 is 0. The smallest absolute Gasteiger partial charge is 0.245 e. The average molecular weight is 156 g/mol. The topological polar surface area (TPSA) is 46.3 Å². The number of rotatable bonds is 4. The Hall–Kier alpha value is -0.830. The third-order valence-electron chi connectivity index (χ3n) is 1.47. The van der Waals surface area contributed by atoms with Crippen LogP contribution in [0.15, 0.2) is 12.7 Å². The van der Waals surface area contributed by atoms with Crippen LogP contribution in [-0.4, -0.2) is 30.4 Å². The van der Waals surface area contributed by atoms with E-state index in [1.54, 1.807) is 11.9 Å². The molecule has 1 amide bonds. The van der Waals surface area contributed by atoms with Gasteiger partial charge in [-0.05, 0) is 19.4 Å². The van der Waals surface area contributed by atoms with Crippen LogP contribution in [0.1, 0.15) is 13.3 Å². The highest BCUT2D eigenvalue weighted by atomic mass is 16.2. The first-order valence-corrected chi connectivity index (χ1v) is 3.71. The molecule has 0 radical (unpaired) electrons. The fraction of sp³-hybridized carbons (Fsp3) is 0.625. The van der Waals surface area contributed by atoms with Gasteiger partial charge < -0.3 is 10.6 Å². The van der Waals surface area contributed by atoms with Crippen molar-refractivity contribution in [3.63, 3.8) is 0 Å². The third kappa shape index (κ3) is 4.56. The summed E-state index contributed by atoms with van der Waals surface area (Å²) in [5.74, 6) is -0.0503. The van der Waals surface area contributed by atoms with Crippen LogP contribution in [0.4, 0.5) is 0 Å². The van der Waals surface area contributed by atoms with Crippen LogP contribution in [0, 0.1) is 0 Å². The number of nitrogens with two attached hydrogens (primary N) is 1. The van der Waals surface area contributed by atoms with E-state index >= 15 is 0 Å². The van der Waals surface area contributed by atoms with Crippen molar-refractivity contribution in [1.82, 2.24) is 4.90 Å². The molecular formula is C8H16N2O. The molecule has 2 N–H and O–H groups in total. The molecule has 0 saturated carbocycles. The Morgan fingerprint density at radius 2 is 2.36 bits per heavy atom. The second kappa shape index (κ2) is 4.91. The molecule has 0 heterocycles. The van der Waals surface area contributed by atoms with Gasteiger partial charge in [0.15, 0.2) is 0 Å². The van der Waals surface area contributed by atoms with Gasteiger partial charge in [0, 0.05) is 19.6 Å². The van der Waals surface area contributed by atoms with Crippen molar-refractivity contribution < 1.29 is 4.79 Å². The predicted octanol–water partition coefficient (Wildman–Crippen LogP) is 0.368. The Labute approximate surface area is 67.9 Å². The molecule has 0 rings (SSSR count). The number of nitrogens with zero attached hydrogens (tertiary/aromatic N) is 1. The maximum atomic E-state index is 10.9. The Morgan fingerprint density at radius 1 is 1.82 bits per heavy atom. The maximum absolute atomic E-state index is 10.9. The molecule has 1 atom stereocenters. The molecule has 0 aromatic rings. The second-order valence-electron chi connectivity index (χ2n) is 2.73. The molecule has 0 spiro atoms. The lowest BCUT2D eigenvalue weighted by Gasteiger charge is -2.15. The van der Waals surface area contributed by atoms with Crippen molar-refractivity contribution in [1.29, 1.82) is 0 Å². The molecule has 0 fully saturated rings. The first kappa shape index (κ1) is 10.2. The standard InChI is InChI=1S/C8H16N2O/c1-4-8(11)10(3)6-5-7(2)9/h4,7H,1,5-6,9H2,2-3H3. The van der Waals surface area contributed by atoms with Gasteiger partial charge >= 0.3 is 0 Å². The highest BCUT2D eigenvalue weighted by Gasteiger charge is 2.03. The fourth-order valence-electron chi connectivity index (χ4n) is 0.663. The molecular weight excluding hydrogens is 140 g/mol. The lowest BCUT2D eigenvalue weighted by Crippen LogP contribution is -2.29. The van der Waals surface area contributed by atoms with Gasteiger partial charge in [-0.15, -0.1) is 0 Å². The Bertz CT molecular complexity index is 143. The van der Waals surface area contributed by atoms with Gasteiger partial charge in [-0.1, -0.05) is 6.58 Å². The fourth-order valence-corrected chi connectivity index (χ4v) is 0.663. The van der Waals surface area contributed by atoms with E-state index in [2.05, 4.69) is 6.58 Å². The molecule has 0 aliphatic carbocycles. The lowest BCUT2D eigenvalue weighted by molar-refractivity contribution is -0.124. The van der Waals surface area contributed by atoms with Crippen LogP contribution >= 0.6 is 0 Å². The van der Waals surface area contributed by atoms with Crippen molar-refractivity contribution in [2.75, 3.05) is 13.6 Å². The predicted molar refractivity (Wildman–Crippen MR) is 46.1 cm³/mol. The summed E-state index contributed by atoms with van der Waals surface area (Å²) < 4.78 is 0. The van der Waals surface area contributed by atoms with Crippen LogP contribution in [-0.2, 0) is 4.79 Å². The van der Waals surface area contributed by atoms with E-state index in [-0.39, 0.29) is 11.9 Å². The molecule has 0 aromatic carbocycles. The van der Waals surface area contributed by atoms with Crippen molar-refractivity contribution in [3.05, 3.63) is 12.7 Å². The van der Waals surface area contributed by atoms with E-state index in [1.165, 1.54) is 6.08 Å². The van der Waals surface area contributed by atoms with Crippen LogP contribution in [0.5, 0.6) is 0 Å². The zero-order valence-corrected chi connectivity index (χ0v) is 7.21. The summed E-state index contributed by atoms with van der Waals surface area (Å²) in [5.41, 5.74) is 5.52. The van der Waals surface area contributed by atoms with Crippen LogP contribution in [0.3, 0.4) is 0 Å². The Balaban J connectivity index is 3.60. The Morgan fingerprint density at radius 3 is 2.73 bits per heavy atom. The summed E-state index contributed by atoms with van der Waals surface area (Å²) in [6.45, 7) is 6.01. The van der Waals surface area contributed by atoms with Crippen molar-refractivity contribution >= 4 is 5.91 Å². The van der Waals surface area contributed by atoms with Gasteiger partial charge in [0.2, 0.25) is 5.91 Å².